The van der Waals surface area contributed by atoms with E-state index in [0.717, 1.165) is 25.7 Å². The maximum atomic E-state index is 11.8. The molecule has 0 aliphatic rings. The van der Waals surface area contributed by atoms with Gasteiger partial charge in [0.1, 0.15) is 6.61 Å². The highest BCUT2D eigenvalue weighted by Gasteiger charge is 2.27. The molecule has 196 valence electrons. The number of carbonyl (C=O) groups is 1. The van der Waals surface area contributed by atoms with Crippen LogP contribution in [0.5, 0.6) is 0 Å². The lowest BCUT2D eigenvalue weighted by Crippen LogP contribution is -2.38. The van der Waals surface area contributed by atoms with Crippen molar-refractivity contribution >= 4 is 5.97 Å². The molecule has 0 aliphatic heterocycles. The monoisotopic (exact) mass is 474 g/mol. The Hall–Kier alpha value is -0.990. The van der Waals surface area contributed by atoms with Gasteiger partial charge >= 0.3 is 5.97 Å². The van der Waals surface area contributed by atoms with E-state index in [1.807, 2.05) is 0 Å². The first kappa shape index (κ1) is 32.0. The molecule has 0 amide bonds. The number of ether oxygens (including phenoxy) is 4. The van der Waals surface area contributed by atoms with Gasteiger partial charge in [-0.1, -0.05) is 70.4 Å². The lowest BCUT2D eigenvalue weighted by molar-refractivity contribution is -0.373. The zero-order valence-electron chi connectivity index (χ0n) is 21.2. The number of unbranched alkanes of at least 4 members (excludes halogenated alkanes) is 11. The number of aliphatic hydroxyl groups is 2. The molecule has 0 unspecified atom stereocenters. The summed E-state index contributed by atoms with van der Waals surface area (Å²) in [4.78, 5) is 11.8. The van der Waals surface area contributed by atoms with E-state index in [9.17, 15) is 4.79 Å². The minimum absolute atomic E-state index is 0.0389. The first-order chi connectivity index (χ1) is 16.1. The largest absolute Gasteiger partial charge is 0.463 e. The summed E-state index contributed by atoms with van der Waals surface area (Å²) >= 11 is 0. The molecule has 2 N–H and O–H groups in total. The van der Waals surface area contributed by atoms with Crippen LogP contribution in [0.4, 0.5) is 0 Å². The van der Waals surface area contributed by atoms with Gasteiger partial charge in [0, 0.05) is 13.3 Å². The Kier molecular flexibility index (Phi) is 23.4. The standard InChI is InChI=1S/C26H50O7/c1-3-4-5-6-7-8-9-10-11-12-13-14-15-16-17-18-25(29)30-23-24-33-26(2,31-21-19-27)32-22-20-28/h10-11,27-28H,3-9,12-24H2,1-2H3/b11-10+. The van der Waals surface area contributed by atoms with Gasteiger partial charge in [0.05, 0.1) is 33.0 Å². The average Bonchev–Trinajstić information content (AvgIpc) is 2.82. The second kappa shape index (κ2) is 24.1. The van der Waals surface area contributed by atoms with Gasteiger partial charge in [0.15, 0.2) is 0 Å². The van der Waals surface area contributed by atoms with Crippen LogP contribution in [0.1, 0.15) is 104 Å². The Morgan fingerprint density at radius 3 is 1.73 bits per heavy atom. The van der Waals surface area contributed by atoms with Crippen molar-refractivity contribution in [2.24, 2.45) is 0 Å². The van der Waals surface area contributed by atoms with Crippen LogP contribution in [0, 0.1) is 0 Å². The lowest BCUT2D eigenvalue weighted by atomic mass is 10.1. The molecule has 7 nitrogen and oxygen atoms in total. The highest BCUT2D eigenvalue weighted by atomic mass is 16.9. The van der Waals surface area contributed by atoms with Crippen LogP contribution >= 0.6 is 0 Å². The first-order valence-corrected chi connectivity index (χ1v) is 13.0. The number of hydrogen-bond donors (Lipinski definition) is 2. The maximum absolute atomic E-state index is 11.8. The van der Waals surface area contributed by atoms with Crippen LogP contribution < -0.4 is 0 Å². The summed E-state index contributed by atoms with van der Waals surface area (Å²) in [5.41, 5.74) is 0. The summed E-state index contributed by atoms with van der Waals surface area (Å²) in [7, 11) is 0. The SMILES string of the molecule is CCCCCCCC/C=C/CCCCCCCC(=O)OCCOC(C)(OCCO)OCCO. The number of aliphatic hydroxyl groups excluding tert-OH is 2. The minimum Gasteiger partial charge on any atom is -0.463 e. The zero-order chi connectivity index (χ0) is 24.5. The van der Waals surface area contributed by atoms with Gasteiger partial charge in [0.25, 0.3) is 5.97 Å². The molecule has 0 aliphatic carbocycles. The van der Waals surface area contributed by atoms with Crippen molar-refractivity contribution in [2.75, 3.05) is 39.6 Å². The molecular formula is C26H50O7. The van der Waals surface area contributed by atoms with Crippen LogP contribution in [0.2, 0.25) is 0 Å². The van der Waals surface area contributed by atoms with Gasteiger partial charge in [-0.2, -0.15) is 0 Å². The highest BCUT2D eigenvalue weighted by molar-refractivity contribution is 5.69. The van der Waals surface area contributed by atoms with Gasteiger partial charge in [-0.3, -0.25) is 4.79 Å². The smallest absolute Gasteiger partial charge is 0.305 e. The molecule has 0 fully saturated rings. The fourth-order valence-corrected chi connectivity index (χ4v) is 3.38. The fraction of sp³-hybridized carbons (Fsp3) is 0.885. The third-order valence-electron chi connectivity index (χ3n) is 5.26. The Bertz CT molecular complexity index is 446. The predicted octanol–water partition coefficient (Wildman–Crippen LogP) is 5.28. The summed E-state index contributed by atoms with van der Waals surface area (Å²) in [6.45, 7) is 3.73. The molecule has 0 aromatic carbocycles. The van der Waals surface area contributed by atoms with E-state index in [0.29, 0.717) is 6.42 Å². The molecule has 0 bridgehead atoms. The topological polar surface area (TPSA) is 94.5 Å². The Morgan fingerprint density at radius 2 is 1.18 bits per heavy atom. The zero-order valence-corrected chi connectivity index (χ0v) is 21.2. The Balaban J connectivity index is 3.55. The van der Waals surface area contributed by atoms with Gasteiger partial charge in [-0.15, -0.1) is 0 Å². The number of allylic oxidation sites excluding steroid dienone is 2. The third-order valence-corrected chi connectivity index (χ3v) is 5.26. The van der Waals surface area contributed by atoms with Gasteiger partial charge in [-0.05, 0) is 32.1 Å². The Morgan fingerprint density at radius 1 is 0.697 bits per heavy atom. The normalized spacial score (nSPS) is 12.0. The second-order valence-electron chi connectivity index (χ2n) is 8.41. The highest BCUT2D eigenvalue weighted by Crippen LogP contribution is 2.14. The summed E-state index contributed by atoms with van der Waals surface area (Å²) < 4.78 is 21.2. The number of carbonyl (C=O) groups excluding carboxylic acids is 1. The van der Waals surface area contributed by atoms with Crippen molar-refractivity contribution < 1.29 is 34.0 Å². The van der Waals surface area contributed by atoms with Crippen molar-refractivity contribution in [3.8, 4) is 0 Å². The van der Waals surface area contributed by atoms with Gasteiger partial charge < -0.3 is 29.2 Å². The molecule has 0 saturated heterocycles. The van der Waals surface area contributed by atoms with Crippen molar-refractivity contribution in [1.29, 1.82) is 0 Å². The Labute approximate surface area is 201 Å². The molecule has 7 heteroatoms. The van der Waals surface area contributed by atoms with Crippen molar-refractivity contribution in [3.63, 3.8) is 0 Å². The molecule has 0 aromatic rings. The average molecular weight is 475 g/mol. The maximum Gasteiger partial charge on any atom is 0.305 e. The molecule has 33 heavy (non-hydrogen) atoms. The van der Waals surface area contributed by atoms with E-state index in [1.165, 1.54) is 57.8 Å². The molecule has 0 atom stereocenters. The minimum atomic E-state index is -1.39. The molecule has 0 rings (SSSR count). The molecule has 0 saturated carbocycles. The number of hydrogen-bond acceptors (Lipinski definition) is 7. The van der Waals surface area contributed by atoms with E-state index in [2.05, 4.69) is 19.1 Å². The lowest BCUT2D eigenvalue weighted by Gasteiger charge is -2.29. The van der Waals surface area contributed by atoms with Gasteiger partial charge in [0.2, 0.25) is 0 Å². The molecule has 0 spiro atoms. The number of esters is 1. The van der Waals surface area contributed by atoms with Gasteiger partial charge in [-0.25, -0.2) is 0 Å². The van der Waals surface area contributed by atoms with Crippen molar-refractivity contribution in [2.45, 2.75) is 110 Å². The van der Waals surface area contributed by atoms with Crippen LogP contribution in [0.3, 0.4) is 0 Å². The van der Waals surface area contributed by atoms with E-state index < -0.39 is 5.97 Å². The second-order valence-corrected chi connectivity index (χ2v) is 8.41. The van der Waals surface area contributed by atoms with Crippen LogP contribution in [0.25, 0.3) is 0 Å². The summed E-state index contributed by atoms with van der Waals surface area (Å²) in [6, 6.07) is 0. The summed E-state index contributed by atoms with van der Waals surface area (Å²) in [5.74, 6) is -1.62. The summed E-state index contributed by atoms with van der Waals surface area (Å²) in [6.07, 6.45) is 21.0. The van der Waals surface area contributed by atoms with E-state index in [1.54, 1.807) is 6.92 Å². The first-order valence-electron chi connectivity index (χ1n) is 13.0. The molecule has 0 heterocycles. The van der Waals surface area contributed by atoms with Crippen molar-refractivity contribution in [3.05, 3.63) is 12.2 Å². The number of rotatable bonds is 25. The third kappa shape index (κ3) is 22.6. The van der Waals surface area contributed by atoms with E-state index in [-0.39, 0.29) is 45.6 Å². The van der Waals surface area contributed by atoms with E-state index in [4.69, 9.17) is 29.2 Å². The predicted molar refractivity (Wildman–Crippen MR) is 131 cm³/mol. The molecule has 0 radical (unpaired) electrons. The molecule has 0 aromatic heterocycles. The quantitative estimate of drug-likeness (QED) is 0.0805. The van der Waals surface area contributed by atoms with Crippen LogP contribution in [0.15, 0.2) is 12.2 Å². The summed E-state index contributed by atoms with van der Waals surface area (Å²) in [5, 5.41) is 17.7. The van der Waals surface area contributed by atoms with Crippen LogP contribution in [-0.4, -0.2) is 61.8 Å². The van der Waals surface area contributed by atoms with Crippen molar-refractivity contribution in [1.82, 2.24) is 0 Å². The fourth-order valence-electron chi connectivity index (χ4n) is 3.38. The van der Waals surface area contributed by atoms with E-state index >= 15 is 0 Å². The molecular weight excluding hydrogens is 424 g/mol. The van der Waals surface area contributed by atoms with Crippen LogP contribution in [-0.2, 0) is 23.7 Å².